The first-order valence-corrected chi connectivity index (χ1v) is 7.22. The molecule has 2 unspecified atom stereocenters. The molecule has 5 heteroatoms. The SMILES string of the molecule is CC(C)Oc1ccnc(NC2CCN3CCCC23)n1. The summed E-state index contributed by atoms with van der Waals surface area (Å²) in [5, 5.41) is 3.48. The highest BCUT2D eigenvalue weighted by atomic mass is 16.5. The molecule has 2 aliphatic heterocycles. The second-order valence-electron chi connectivity index (χ2n) is 5.67. The van der Waals surface area contributed by atoms with E-state index in [0.29, 0.717) is 23.9 Å². The van der Waals surface area contributed by atoms with E-state index in [1.165, 1.54) is 32.4 Å². The van der Waals surface area contributed by atoms with E-state index in [-0.39, 0.29) is 6.10 Å². The number of hydrogen-bond acceptors (Lipinski definition) is 5. The third-order valence-corrected chi connectivity index (χ3v) is 3.91. The molecular weight excluding hydrogens is 240 g/mol. The number of anilines is 1. The number of nitrogens with zero attached hydrogens (tertiary/aromatic N) is 3. The van der Waals surface area contributed by atoms with Crippen molar-refractivity contribution in [2.45, 2.75) is 51.3 Å². The summed E-state index contributed by atoms with van der Waals surface area (Å²) in [6.45, 7) is 6.45. The van der Waals surface area contributed by atoms with Crippen LogP contribution in [0.3, 0.4) is 0 Å². The fraction of sp³-hybridized carbons (Fsp3) is 0.714. The molecule has 2 atom stereocenters. The van der Waals surface area contributed by atoms with E-state index in [1.54, 1.807) is 6.20 Å². The zero-order valence-electron chi connectivity index (χ0n) is 11.7. The van der Waals surface area contributed by atoms with Gasteiger partial charge in [0.2, 0.25) is 11.8 Å². The molecule has 1 aromatic heterocycles. The van der Waals surface area contributed by atoms with Gasteiger partial charge in [0, 0.05) is 30.9 Å². The Kier molecular flexibility index (Phi) is 3.55. The minimum absolute atomic E-state index is 0.138. The Bertz CT molecular complexity index is 437. The highest BCUT2D eigenvalue weighted by molar-refractivity contribution is 5.30. The average Bonchev–Trinajstić information content (AvgIpc) is 2.94. The Morgan fingerprint density at radius 1 is 1.37 bits per heavy atom. The van der Waals surface area contributed by atoms with Crippen LogP contribution in [0.4, 0.5) is 5.95 Å². The predicted molar refractivity (Wildman–Crippen MR) is 74.4 cm³/mol. The standard InChI is InChI=1S/C14H22N4O/c1-10(2)19-13-5-7-15-14(17-13)16-11-6-9-18-8-3-4-12(11)18/h5,7,10-12H,3-4,6,8-9H2,1-2H3,(H,15,16,17). The van der Waals surface area contributed by atoms with Crippen LogP contribution in [0.25, 0.3) is 0 Å². The third-order valence-electron chi connectivity index (χ3n) is 3.91. The van der Waals surface area contributed by atoms with Crippen LogP contribution in [-0.4, -0.2) is 46.1 Å². The van der Waals surface area contributed by atoms with Crippen molar-refractivity contribution in [3.05, 3.63) is 12.3 Å². The number of rotatable bonds is 4. The van der Waals surface area contributed by atoms with Gasteiger partial charge in [-0.25, -0.2) is 4.98 Å². The Hall–Kier alpha value is -1.36. The van der Waals surface area contributed by atoms with Crippen LogP contribution in [-0.2, 0) is 0 Å². The summed E-state index contributed by atoms with van der Waals surface area (Å²) in [7, 11) is 0. The Balaban J connectivity index is 1.66. The molecule has 3 rings (SSSR count). The normalized spacial score (nSPS) is 26.7. The fourth-order valence-corrected chi connectivity index (χ4v) is 3.14. The average molecular weight is 262 g/mol. The first-order valence-electron chi connectivity index (χ1n) is 7.22. The van der Waals surface area contributed by atoms with Gasteiger partial charge in [0.05, 0.1) is 6.10 Å². The minimum Gasteiger partial charge on any atom is -0.475 e. The summed E-state index contributed by atoms with van der Waals surface area (Å²) >= 11 is 0. The Morgan fingerprint density at radius 3 is 3.11 bits per heavy atom. The van der Waals surface area contributed by atoms with Crippen molar-refractivity contribution in [3.8, 4) is 5.88 Å². The van der Waals surface area contributed by atoms with Crippen molar-refractivity contribution in [1.29, 1.82) is 0 Å². The predicted octanol–water partition coefficient (Wildman–Crippen LogP) is 1.91. The summed E-state index contributed by atoms with van der Waals surface area (Å²) in [5.41, 5.74) is 0. The summed E-state index contributed by atoms with van der Waals surface area (Å²) in [6, 6.07) is 2.96. The molecule has 0 radical (unpaired) electrons. The van der Waals surface area contributed by atoms with Crippen molar-refractivity contribution < 1.29 is 4.74 Å². The molecule has 0 saturated carbocycles. The number of ether oxygens (including phenoxy) is 1. The van der Waals surface area contributed by atoms with Gasteiger partial charge in [0.1, 0.15) is 0 Å². The van der Waals surface area contributed by atoms with Crippen molar-refractivity contribution >= 4 is 5.95 Å². The maximum Gasteiger partial charge on any atom is 0.226 e. The lowest BCUT2D eigenvalue weighted by molar-refractivity contribution is 0.232. The van der Waals surface area contributed by atoms with Crippen molar-refractivity contribution in [1.82, 2.24) is 14.9 Å². The van der Waals surface area contributed by atoms with Gasteiger partial charge in [-0.05, 0) is 39.7 Å². The molecule has 1 aromatic rings. The zero-order chi connectivity index (χ0) is 13.2. The van der Waals surface area contributed by atoms with Gasteiger partial charge in [-0.1, -0.05) is 0 Å². The lowest BCUT2D eigenvalue weighted by Gasteiger charge is -2.21. The number of nitrogens with one attached hydrogen (secondary N) is 1. The fourth-order valence-electron chi connectivity index (χ4n) is 3.14. The third kappa shape index (κ3) is 2.81. The topological polar surface area (TPSA) is 50.3 Å². The molecular formula is C14H22N4O. The molecule has 0 bridgehead atoms. The molecule has 0 spiro atoms. The largest absolute Gasteiger partial charge is 0.475 e. The van der Waals surface area contributed by atoms with E-state index in [9.17, 15) is 0 Å². The van der Waals surface area contributed by atoms with Crippen LogP contribution in [0, 0.1) is 0 Å². The van der Waals surface area contributed by atoms with Crippen LogP contribution < -0.4 is 10.1 Å². The van der Waals surface area contributed by atoms with E-state index in [4.69, 9.17) is 4.74 Å². The minimum atomic E-state index is 0.138. The van der Waals surface area contributed by atoms with E-state index in [2.05, 4.69) is 20.2 Å². The summed E-state index contributed by atoms with van der Waals surface area (Å²) in [5.74, 6) is 1.34. The van der Waals surface area contributed by atoms with Gasteiger partial charge in [0.15, 0.2) is 0 Å². The maximum atomic E-state index is 5.60. The molecule has 2 aliphatic rings. The van der Waals surface area contributed by atoms with Crippen molar-refractivity contribution in [2.75, 3.05) is 18.4 Å². The molecule has 5 nitrogen and oxygen atoms in total. The summed E-state index contributed by atoms with van der Waals surface area (Å²) < 4.78 is 5.60. The number of aromatic nitrogens is 2. The molecule has 3 heterocycles. The highest BCUT2D eigenvalue weighted by Gasteiger charge is 2.37. The van der Waals surface area contributed by atoms with Gasteiger partial charge >= 0.3 is 0 Å². The molecule has 2 saturated heterocycles. The highest BCUT2D eigenvalue weighted by Crippen LogP contribution is 2.29. The van der Waals surface area contributed by atoms with Gasteiger partial charge < -0.3 is 10.1 Å². The second kappa shape index (κ2) is 5.33. The lowest BCUT2D eigenvalue weighted by atomic mass is 10.1. The van der Waals surface area contributed by atoms with E-state index < -0.39 is 0 Å². The number of hydrogen-bond donors (Lipinski definition) is 1. The zero-order valence-corrected chi connectivity index (χ0v) is 11.7. The van der Waals surface area contributed by atoms with Gasteiger partial charge in [-0.3, -0.25) is 4.90 Å². The van der Waals surface area contributed by atoms with Crippen LogP contribution in [0.15, 0.2) is 12.3 Å². The van der Waals surface area contributed by atoms with Gasteiger partial charge in [0.25, 0.3) is 0 Å². The van der Waals surface area contributed by atoms with Crippen LogP contribution in [0.5, 0.6) is 5.88 Å². The van der Waals surface area contributed by atoms with E-state index in [0.717, 1.165) is 0 Å². The van der Waals surface area contributed by atoms with E-state index >= 15 is 0 Å². The number of fused-ring (bicyclic) bond motifs is 1. The van der Waals surface area contributed by atoms with Gasteiger partial charge in [-0.2, -0.15) is 4.98 Å². The van der Waals surface area contributed by atoms with Crippen LogP contribution in [0.2, 0.25) is 0 Å². The molecule has 104 valence electrons. The van der Waals surface area contributed by atoms with Crippen molar-refractivity contribution in [3.63, 3.8) is 0 Å². The van der Waals surface area contributed by atoms with E-state index in [1.807, 2.05) is 19.9 Å². The summed E-state index contributed by atoms with van der Waals surface area (Å²) in [4.78, 5) is 11.3. The lowest BCUT2D eigenvalue weighted by Crippen LogP contribution is -2.34. The Labute approximate surface area is 114 Å². The molecule has 19 heavy (non-hydrogen) atoms. The van der Waals surface area contributed by atoms with Crippen LogP contribution >= 0.6 is 0 Å². The second-order valence-corrected chi connectivity index (χ2v) is 5.67. The maximum absolute atomic E-state index is 5.60. The van der Waals surface area contributed by atoms with Gasteiger partial charge in [-0.15, -0.1) is 0 Å². The monoisotopic (exact) mass is 262 g/mol. The summed E-state index contributed by atoms with van der Waals surface area (Å²) in [6.07, 6.45) is 5.69. The first kappa shape index (κ1) is 12.7. The molecule has 2 fully saturated rings. The molecule has 0 amide bonds. The first-order chi connectivity index (χ1) is 9.22. The van der Waals surface area contributed by atoms with Crippen LogP contribution in [0.1, 0.15) is 33.1 Å². The molecule has 0 aromatic carbocycles. The quantitative estimate of drug-likeness (QED) is 0.898. The Morgan fingerprint density at radius 2 is 2.26 bits per heavy atom. The molecule has 1 N–H and O–H groups in total. The smallest absolute Gasteiger partial charge is 0.226 e. The molecule has 0 aliphatic carbocycles. The van der Waals surface area contributed by atoms with Crippen molar-refractivity contribution in [2.24, 2.45) is 0 Å².